The monoisotopic (exact) mass is 268 g/mol. The Labute approximate surface area is 111 Å². The number of aromatic nitrogens is 1. The molecule has 1 fully saturated rings. The molecule has 0 unspecified atom stereocenters. The van der Waals surface area contributed by atoms with Crippen LogP contribution in [-0.4, -0.2) is 48.2 Å². The fourth-order valence-corrected chi connectivity index (χ4v) is 2.52. The number of hydrogen-bond donors (Lipinski definition) is 0. The summed E-state index contributed by atoms with van der Waals surface area (Å²) in [5, 5.41) is 0.692. The molecule has 2 rings (SSSR count). The summed E-state index contributed by atoms with van der Waals surface area (Å²) in [6, 6.07) is 3.49. The smallest absolute Gasteiger partial charge is 0.340 e. The van der Waals surface area contributed by atoms with Crippen LogP contribution in [0.15, 0.2) is 23.4 Å². The van der Waals surface area contributed by atoms with Gasteiger partial charge in [-0.05, 0) is 31.0 Å². The number of nitrogens with zero attached hydrogens (tertiary/aromatic N) is 2. The number of rotatable bonds is 4. The lowest BCUT2D eigenvalue weighted by molar-refractivity contribution is 0.0521. The zero-order valence-electron chi connectivity index (χ0n) is 10.3. The largest absolute Gasteiger partial charge is 0.462 e. The highest BCUT2D eigenvalue weighted by Crippen LogP contribution is 2.25. The second-order valence-electron chi connectivity index (χ2n) is 3.71. The highest BCUT2D eigenvalue weighted by molar-refractivity contribution is 7.97. The molecule has 0 N–H and O–H groups in total. The molecule has 1 saturated heterocycles. The summed E-state index contributed by atoms with van der Waals surface area (Å²) in [4.78, 5) is 16.0. The van der Waals surface area contributed by atoms with E-state index >= 15 is 0 Å². The molecule has 1 aliphatic heterocycles. The first-order chi connectivity index (χ1) is 8.81. The van der Waals surface area contributed by atoms with Crippen LogP contribution in [0.5, 0.6) is 0 Å². The minimum Gasteiger partial charge on any atom is -0.462 e. The number of hydrogen-bond acceptors (Lipinski definition) is 6. The number of esters is 1. The van der Waals surface area contributed by atoms with E-state index in [1.54, 1.807) is 25.3 Å². The van der Waals surface area contributed by atoms with E-state index in [-0.39, 0.29) is 5.97 Å². The Kier molecular flexibility index (Phi) is 4.98. The normalized spacial score (nSPS) is 16.5. The van der Waals surface area contributed by atoms with Crippen LogP contribution >= 0.6 is 11.9 Å². The molecule has 98 valence electrons. The maximum absolute atomic E-state index is 11.8. The molecule has 0 saturated carbocycles. The molecular formula is C12H16N2O3S. The summed E-state index contributed by atoms with van der Waals surface area (Å²) in [6.07, 6.45) is 1.69. The fourth-order valence-electron chi connectivity index (χ4n) is 1.59. The third-order valence-corrected chi connectivity index (χ3v) is 3.57. The van der Waals surface area contributed by atoms with Gasteiger partial charge in [-0.1, -0.05) is 0 Å². The minimum absolute atomic E-state index is 0.318. The van der Waals surface area contributed by atoms with E-state index < -0.39 is 0 Å². The lowest BCUT2D eigenvalue weighted by atomic mass is 10.3. The summed E-state index contributed by atoms with van der Waals surface area (Å²) < 4.78 is 12.5. The molecule has 0 bridgehead atoms. The molecule has 6 heteroatoms. The second kappa shape index (κ2) is 6.72. The van der Waals surface area contributed by atoms with Crippen molar-refractivity contribution in [3.8, 4) is 0 Å². The Morgan fingerprint density at radius 3 is 3.06 bits per heavy atom. The Balaban J connectivity index is 2.08. The Morgan fingerprint density at radius 2 is 2.33 bits per heavy atom. The standard InChI is InChI=1S/C12H16N2O3S/c1-2-17-12(15)10-4-3-5-13-11(10)18-14-6-8-16-9-7-14/h3-5H,2,6-9H2,1H3. The van der Waals surface area contributed by atoms with Crippen molar-refractivity contribution >= 4 is 17.9 Å². The van der Waals surface area contributed by atoms with E-state index in [2.05, 4.69) is 9.29 Å². The van der Waals surface area contributed by atoms with Gasteiger partial charge in [0.25, 0.3) is 0 Å². The van der Waals surface area contributed by atoms with Crippen molar-refractivity contribution in [3.63, 3.8) is 0 Å². The van der Waals surface area contributed by atoms with Gasteiger partial charge < -0.3 is 9.47 Å². The third-order valence-electron chi connectivity index (χ3n) is 2.45. The average molecular weight is 268 g/mol. The fraction of sp³-hybridized carbons (Fsp3) is 0.500. The van der Waals surface area contributed by atoms with Crippen molar-refractivity contribution in [1.29, 1.82) is 0 Å². The number of carbonyl (C=O) groups excluding carboxylic acids is 1. The quantitative estimate of drug-likeness (QED) is 0.610. The molecule has 18 heavy (non-hydrogen) atoms. The van der Waals surface area contributed by atoms with Gasteiger partial charge in [0.15, 0.2) is 0 Å². The molecule has 2 heterocycles. The zero-order chi connectivity index (χ0) is 12.8. The maximum Gasteiger partial charge on any atom is 0.340 e. The van der Waals surface area contributed by atoms with E-state index in [4.69, 9.17) is 9.47 Å². The van der Waals surface area contributed by atoms with Crippen molar-refractivity contribution in [2.24, 2.45) is 0 Å². The van der Waals surface area contributed by atoms with Crippen LogP contribution in [0.3, 0.4) is 0 Å². The lowest BCUT2D eigenvalue weighted by Crippen LogP contribution is -2.31. The van der Waals surface area contributed by atoms with Crippen LogP contribution in [0.25, 0.3) is 0 Å². The summed E-state index contributed by atoms with van der Waals surface area (Å²) in [5.74, 6) is -0.318. The van der Waals surface area contributed by atoms with Gasteiger partial charge in [-0.2, -0.15) is 0 Å². The summed E-state index contributed by atoms with van der Waals surface area (Å²) in [7, 11) is 0. The molecule has 1 aliphatic rings. The van der Waals surface area contributed by atoms with Gasteiger partial charge >= 0.3 is 5.97 Å². The average Bonchev–Trinajstić information content (AvgIpc) is 2.41. The predicted octanol–water partition coefficient (Wildman–Crippen LogP) is 1.60. The highest BCUT2D eigenvalue weighted by Gasteiger charge is 2.18. The maximum atomic E-state index is 11.8. The first-order valence-corrected chi connectivity index (χ1v) is 6.71. The van der Waals surface area contributed by atoms with Crippen LogP contribution in [0.4, 0.5) is 0 Å². The Morgan fingerprint density at radius 1 is 1.56 bits per heavy atom. The van der Waals surface area contributed by atoms with E-state index in [1.165, 1.54) is 11.9 Å². The zero-order valence-corrected chi connectivity index (χ0v) is 11.1. The van der Waals surface area contributed by atoms with Crippen molar-refractivity contribution in [2.75, 3.05) is 32.9 Å². The molecule has 1 aromatic heterocycles. The van der Waals surface area contributed by atoms with Gasteiger partial charge in [0.05, 0.1) is 25.4 Å². The topological polar surface area (TPSA) is 51.7 Å². The lowest BCUT2D eigenvalue weighted by Gasteiger charge is -2.25. The van der Waals surface area contributed by atoms with Gasteiger partial charge in [-0.25, -0.2) is 14.1 Å². The number of pyridine rings is 1. The number of ether oxygens (including phenoxy) is 2. The Bertz CT molecular complexity index is 408. The first kappa shape index (κ1) is 13.3. The molecule has 0 aliphatic carbocycles. The minimum atomic E-state index is -0.318. The van der Waals surface area contributed by atoms with Crippen molar-refractivity contribution in [2.45, 2.75) is 11.9 Å². The SMILES string of the molecule is CCOC(=O)c1cccnc1SN1CCOCC1. The molecule has 0 amide bonds. The number of carbonyl (C=O) groups is 1. The summed E-state index contributed by atoms with van der Waals surface area (Å²) >= 11 is 1.49. The van der Waals surface area contributed by atoms with Crippen LogP contribution < -0.4 is 0 Å². The Hall–Kier alpha value is -1.11. The molecule has 0 aromatic carbocycles. The predicted molar refractivity (Wildman–Crippen MR) is 68.4 cm³/mol. The van der Waals surface area contributed by atoms with Crippen LogP contribution in [0.1, 0.15) is 17.3 Å². The van der Waals surface area contributed by atoms with E-state index in [0.717, 1.165) is 13.1 Å². The molecule has 0 atom stereocenters. The first-order valence-electron chi connectivity index (χ1n) is 5.94. The van der Waals surface area contributed by atoms with Gasteiger partial charge in [-0.3, -0.25) is 0 Å². The van der Waals surface area contributed by atoms with Crippen LogP contribution in [-0.2, 0) is 9.47 Å². The molecule has 5 nitrogen and oxygen atoms in total. The van der Waals surface area contributed by atoms with Crippen molar-refractivity contribution in [1.82, 2.24) is 9.29 Å². The molecule has 1 aromatic rings. The van der Waals surface area contributed by atoms with Crippen molar-refractivity contribution in [3.05, 3.63) is 23.9 Å². The van der Waals surface area contributed by atoms with Crippen LogP contribution in [0.2, 0.25) is 0 Å². The van der Waals surface area contributed by atoms with E-state index in [0.29, 0.717) is 30.4 Å². The number of morpholine rings is 1. The second-order valence-corrected chi connectivity index (χ2v) is 4.79. The van der Waals surface area contributed by atoms with Gasteiger partial charge in [0.1, 0.15) is 5.03 Å². The molecule has 0 spiro atoms. The van der Waals surface area contributed by atoms with E-state index in [9.17, 15) is 4.79 Å². The van der Waals surface area contributed by atoms with Gasteiger partial charge in [0.2, 0.25) is 0 Å². The van der Waals surface area contributed by atoms with Crippen molar-refractivity contribution < 1.29 is 14.3 Å². The summed E-state index contributed by atoms with van der Waals surface area (Å²) in [5.41, 5.74) is 0.524. The third kappa shape index (κ3) is 3.44. The molecular weight excluding hydrogens is 252 g/mol. The molecule has 0 radical (unpaired) electrons. The van der Waals surface area contributed by atoms with E-state index in [1.807, 2.05) is 0 Å². The summed E-state index contributed by atoms with van der Waals surface area (Å²) in [6.45, 7) is 5.27. The van der Waals surface area contributed by atoms with Crippen LogP contribution in [0, 0.1) is 0 Å². The highest BCUT2D eigenvalue weighted by atomic mass is 32.2. The van der Waals surface area contributed by atoms with Gasteiger partial charge in [0, 0.05) is 19.3 Å². The van der Waals surface area contributed by atoms with Gasteiger partial charge in [-0.15, -0.1) is 0 Å².